The number of carbonyl (C=O) groups excluding carboxylic acids is 2. The molecule has 0 saturated carbocycles. The van der Waals surface area contributed by atoms with E-state index in [9.17, 15) is 26.8 Å². The molecule has 30 heavy (non-hydrogen) atoms. The Morgan fingerprint density at radius 3 is 2.27 bits per heavy atom. The molecule has 0 aliphatic rings. The Hall–Kier alpha value is -2.85. The van der Waals surface area contributed by atoms with Gasteiger partial charge in [0.15, 0.2) is 11.6 Å². The molecule has 1 unspecified atom stereocenters. The number of hydrogen-bond donors (Lipinski definition) is 2. The largest absolute Gasteiger partial charge is 0.357 e. The van der Waals surface area contributed by atoms with Gasteiger partial charge in [-0.15, -0.1) is 0 Å². The normalized spacial score (nSPS) is 12.7. The van der Waals surface area contributed by atoms with E-state index in [-0.39, 0.29) is 22.1 Å². The first-order chi connectivity index (χ1) is 14.0. The maximum Gasteiger partial charge on any atom is 0.252 e. The number of amides is 2. The molecule has 0 heterocycles. The van der Waals surface area contributed by atoms with Gasteiger partial charge in [-0.05, 0) is 49.7 Å². The van der Waals surface area contributed by atoms with Crippen molar-refractivity contribution in [2.75, 3.05) is 14.1 Å². The standard InChI is InChI=1S/C20H23F2N3O4S/c1-12(2)25(4)30(28,29)15-7-5-6-14(10-15)19(26)24-18(20(27)23-3)13-8-9-16(21)17(22)11-13/h5-12,18H,1-4H3,(H,23,27)(H,24,26). The number of rotatable bonds is 7. The van der Waals surface area contributed by atoms with Crippen LogP contribution in [0.15, 0.2) is 47.4 Å². The van der Waals surface area contributed by atoms with Crippen molar-refractivity contribution < 1.29 is 26.8 Å². The monoisotopic (exact) mass is 439 g/mol. The van der Waals surface area contributed by atoms with E-state index in [1.807, 2.05) is 0 Å². The quantitative estimate of drug-likeness (QED) is 0.692. The number of likely N-dealkylation sites (N-methyl/N-ethyl adjacent to an activating group) is 1. The third-order valence-electron chi connectivity index (χ3n) is 4.56. The highest BCUT2D eigenvalue weighted by Crippen LogP contribution is 2.20. The maximum atomic E-state index is 13.6. The second-order valence-electron chi connectivity index (χ2n) is 6.84. The topological polar surface area (TPSA) is 95.6 Å². The highest BCUT2D eigenvalue weighted by molar-refractivity contribution is 7.89. The molecule has 0 bridgehead atoms. The Morgan fingerprint density at radius 2 is 1.70 bits per heavy atom. The lowest BCUT2D eigenvalue weighted by atomic mass is 10.0. The lowest BCUT2D eigenvalue weighted by Crippen LogP contribution is -2.39. The van der Waals surface area contributed by atoms with Crippen LogP contribution in [0.1, 0.15) is 35.8 Å². The molecule has 1 atom stereocenters. The minimum Gasteiger partial charge on any atom is -0.357 e. The molecule has 2 N–H and O–H groups in total. The van der Waals surface area contributed by atoms with Crippen molar-refractivity contribution in [3.63, 3.8) is 0 Å². The minimum atomic E-state index is -3.82. The van der Waals surface area contributed by atoms with E-state index in [4.69, 9.17) is 0 Å². The summed E-state index contributed by atoms with van der Waals surface area (Å²) in [6.07, 6.45) is 0. The molecule has 0 spiro atoms. The Labute approximate surface area is 174 Å². The van der Waals surface area contributed by atoms with Crippen LogP contribution >= 0.6 is 0 Å². The maximum absolute atomic E-state index is 13.6. The third kappa shape index (κ3) is 5.00. The molecule has 2 rings (SSSR count). The summed E-state index contributed by atoms with van der Waals surface area (Å²) in [5.41, 5.74) is 0.0228. The van der Waals surface area contributed by atoms with Gasteiger partial charge in [0, 0.05) is 25.7 Å². The van der Waals surface area contributed by atoms with Crippen molar-refractivity contribution in [3.8, 4) is 0 Å². The van der Waals surface area contributed by atoms with Crippen molar-refractivity contribution in [1.82, 2.24) is 14.9 Å². The average molecular weight is 439 g/mol. The highest BCUT2D eigenvalue weighted by atomic mass is 32.2. The number of benzene rings is 2. The summed E-state index contributed by atoms with van der Waals surface area (Å²) in [5, 5.41) is 4.77. The fraction of sp³-hybridized carbons (Fsp3) is 0.300. The van der Waals surface area contributed by atoms with Crippen LogP contribution in [0.2, 0.25) is 0 Å². The van der Waals surface area contributed by atoms with Gasteiger partial charge in [0.05, 0.1) is 4.90 Å². The average Bonchev–Trinajstić information content (AvgIpc) is 2.72. The van der Waals surface area contributed by atoms with Crippen molar-refractivity contribution in [2.24, 2.45) is 0 Å². The summed E-state index contributed by atoms with van der Waals surface area (Å²) in [6.45, 7) is 3.42. The number of sulfonamides is 1. The summed E-state index contributed by atoms with van der Waals surface area (Å²) >= 11 is 0. The predicted octanol–water partition coefficient (Wildman–Crippen LogP) is 2.21. The Bertz CT molecular complexity index is 1060. The van der Waals surface area contributed by atoms with Crippen LogP contribution in [0.5, 0.6) is 0 Å². The second-order valence-corrected chi connectivity index (χ2v) is 8.83. The van der Waals surface area contributed by atoms with Gasteiger partial charge < -0.3 is 10.6 Å². The van der Waals surface area contributed by atoms with E-state index < -0.39 is 39.5 Å². The van der Waals surface area contributed by atoms with Gasteiger partial charge in [0.25, 0.3) is 5.91 Å². The third-order valence-corrected chi connectivity index (χ3v) is 6.59. The van der Waals surface area contributed by atoms with Crippen molar-refractivity contribution in [2.45, 2.75) is 30.8 Å². The zero-order valence-corrected chi connectivity index (χ0v) is 17.8. The Balaban J connectivity index is 2.37. The first-order valence-electron chi connectivity index (χ1n) is 9.04. The summed E-state index contributed by atoms with van der Waals surface area (Å²) in [7, 11) is -1.07. The SMILES string of the molecule is CNC(=O)C(NC(=O)c1cccc(S(=O)(=O)N(C)C(C)C)c1)c1ccc(F)c(F)c1. The molecule has 10 heteroatoms. The van der Waals surface area contributed by atoms with Gasteiger partial charge in [-0.1, -0.05) is 12.1 Å². The number of halogens is 2. The lowest BCUT2D eigenvalue weighted by Gasteiger charge is -2.21. The molecule has 7 nitrogen and oxygen atoms in total. The van der Waals surface area contributed by atoms with Crippen LogP contribution in [-0.2, 0) is 14.8 Å². The molecular weight excluding hydrogens is 416 g/mol. The van der Waals surface area contributed by atoms with Crippen LogP contribution < -0.4 is 10.6 Å². The molecule has 0 aliphatic carbocycles. The van der Waals surface area contributed by atoms with Gasteiger partial charge in [-0.2, -0.15) is 4.31 Å². The molecular formula is C20H23F2N3O4S. The molecule has 0 aliphatic heterocycles. The zero-order valence-electron chi connectivity index (χ0n) is 16.9. The van der Waals surface area contributed by atoms with Crippen LogP contribution in [0.25, 0.3) is 0 Å². The molecule has 2 aromatic carbocycles. The molecule has 0 fully saturated rings. The van der Waals surface area contributed by atoms with Crippen molar-refractivity contribution in [1.29, 1.82) is 0 Å². The van der Waals surface area contributed by atoms with E-state index >= 15 is 0 Å². The Morgan fingerprint density at radius 1 is 1.03 bits per heavy atom. The smallest absolute Gasteiger partial charge is 0.252 e. The minimum absolute atomic E-state index is 0.00952. The van der Waals surface area contributed by atoms with E-state index in [2.05, 4.69) is 10.6 Å². The predicted molar refractivity (Wildman–Crippen MR) is 107 cm³/mol. The van der Waals surface area contributed by atoms with Gasteiger partial charge in [-0.25, -0.2) is 17.2 Å². The fourth-order valence-electron chi connectivity index (χ4n) is 2.59. The summed E-state index contributed by atoms with van der Waals surface area (Å²) in [4.78, 5) is 24.9. The first kappa shape index (κ1) is 23.4. The van der Waals surface area contributed by atoms with E-state index in [0.29, 0.717) is 0 Å². The van der Waals surface area contributed by atoms with Crippen molar-refractivity contribution in [3.05, 3.63) is 65.2 Å². The lowest BCUT2D eigenvalue weighted by molar-refractivity contribution is -0.122. The Kier molecular flexibility index (Phi) is 7.27. The number of nitrogens with one attached hydrogen (secondary N) is 2. The van der Waals surface area contributed by atoms with Crippen LogP contribution in [0.4, 0.5) is 8.78 Å². The molecule has 0 aromatic heterocycles. The molecule has 0 radical (unpaired) electrons. The fourth-order valence-corrected chi connectivity index (χ4v) is 4.01. The van der Waals surface area contributed by atoms with E-state index in [0.717, 1.165) is 12.1 Å². The van der Waals surface area contributed by atoms with E-state index in [1.165, 1.54) is 48.7 Å². The van der Waals surface area contributed by atoms with Crippen molar-refractivity contribution >= 4 is 21.8 Å². The molecule has 2 aromatic rings. The first-order valence-corrected chi connectivity index (χ1v) is 10.5. The van der Waals surface area contributed by atoms with Crippen LogP contribution in [0.3, 0.4) is 0 Å². The highest BCUT2D eigenvalue weighted by Gasteiger charge is 2.26. The number of hydrogen-bond acceptors (Lipinski definition) is 4. The molecule has 0 saturated heterocycles. The number of nitrogens with zero attached hydrogens (tertiary/aromatic N) is 1. The molecule has 2 amide bonds. The summed E-state index contributed by atoms with van der Waals surface area (Å²) in [6, 6.07) is 6.58. The summed E-state index contributed by atoms with van der Waals surface area (Å²) < 4.78 is 53.3. The summed E-state index contributed by atoms with van der Waals surface area (Å²) in [5.74, 6) is -3.66. The molecule has 162 valence electrons. The van der Waals surface area contributed by atoms with Gasteiger partial charge >= 0.3 is 0 Å². The zero-order chi connectivity index (χ0) is 22.6. The van der Waals surface area contributed by atoms with Crippen LogP contribution in [0, 0.1) is 11.6 Å². The van der Waals surface area contributed by atoms with Gasteiger partial charge in [0.2, 0.25) is 15.9 Å². The van der Waals surface area contributed by atoms with Gasteiger partial charge in [0.1, 0.15) is 6.04 Å². The van der Waals surface area contributed by atoms with Gasteiger partial charge in [-0.3, -0.25) is 9.59 Å². The second kappa shape index (κ2) is 9.31. The number of carbonyl (C=O) groups is 2. The van der Waals surface area contributed by atoms with Crippen LogP contribution in [-0.4, -0.2) is 44.7 Å². The van der Waals surface area contributed by atoms with E-state index in [1.54, 1.807) is 13.8 Å².